The number of benzene rings is 1. The van der Waals surface area contributed by atoms with Crippen LogP contribution in [0.2, 0.25) is 5.02 Å². The van der Waals surface area contributed by atoms with Crippen LogP contribution in [0, 0.1) is 0 Å². The van der Waals surface area contributed by atoms with Crippen LogP contribution in [-0.2, 0) is 14.2 Å². The molecular weight excluding hydrogens is 276 g/mol. The fourth-order valence-electron chi connectivity index (χ4n) is 2.37. The van der Waals surface area contributed by atoms with Gasteiger partial charge in [0, 0.05) is 17.2 Å². The van der Waals surface area contributed by atoms with E-state index in [1.54, 1.807) is 0 Å². The first-order valence-corrected chi connectivity index (χ1v) is 7.59. The Balaban J connectivity index is 2.06. The minimum atomic E-state index is -0.609. The highest BCUT2D eigenvalue weighted by Gasteiger charge is 2.42. The predicted molar refractivity (Wildman–Crippen MR) is 80.0 cm³/mol. The lowest BCUT2D eigenvalue weighted by atomic mass is 10.1. The molecule has 0 aromatic heterocycles. The summed E-state index contributed by atoms with van der Waals surface area (Å²) in [6, 6.07) is 7.74. The molecule has 3 nitrogen and oxygen atoms in total. The smallest absolute Gasteiger partial charge is 0.164 e. The van der Waals surface area contributed by atoms with Gasteiger partial charge in [0.2, 0.25) is 0 Å². The fraction of sp³-hybridized carbons (Fsp3) is 0.625. The van der Waals surface area contributed by atoms with Gasteiger partial charge in [-0.15, -0.1) is 0 Å². The van der Waals surface area contributed by atoms with Gasteiger partial charge in [0.25, 0.3) is 0 Å². The maximum atomic E-state index is 6.27. The number of halogens is 1. The summed E-state index contributed by atoms with van der Waals surface area (Å²) in [6.07, 6.45) is 1.89. The molecule has 1 aromatic carbocycles. The van der Waals surface area contributed by atoms with Crippen LogP contribution in [0.5, 0.6) is 0 Å². The Morgan fingerprint density at radius 3 is 2.70 bits per heavy atom. The van der Waals surface area contributed by atoms with E-state index in [1.807, 2.05) is 38.1 Å². The molecule has 20 heavy (non-hydrogen) atoms. The summed E-state index contributed by atoms with van der Waals surface area (Å²) in [6.45, 7) is 7.27. The molecule has 1 unspecified atom stereocenters. The highest BCUT2D eigenvalue weighted by molar-refractivity contribution is 6.31. The molecule has 0 amide bonds. The Hall–Kier alpha value is -0.610. The molecule has 1 aliphatic heterocycles. The van der Waals surface area contributed by atoms with E-state index in [2.05, 4.69) is 6.92 Å². The molecule has 1 aliphatic rings. The van der Waals surface area contributed by atoms with Gasteiger partial charge in [0.05, 0.1) is 6.61 Å². The van der Waals surface area contributed by atoms with Crippen molar-refractivity contribution >= 4 is 11.6 Å². The number of hydrogen-bond donors (Lipinski definition) is 0. The van der Waals surface area contributed by atoms with E-state index >= 15 is 0 Å². The fourth-order valence-corrected chi connectivity index (χ4v) is 2.62. The van der Waals surface area contributed by atoms with Gasteiger partial charge >= 0.3 is 0 Å². The number of ether oxygens (including phenoxy) is 3. The summed E-state index contributed by atoms with van der Waals surface area (Å²) in [5, 5.41) is 0.706. The van der Waals surface area contributed by atoms with Gasteiger partial charge in [0.1, 0.15) is 12.2 Å². The van der Waals surface area contributed by atoms with E-state index in [0.29, 0.717) is 11.6 Å². The number of rotatable bonds is 6. The quantitative estimate of drug-likeness (QED) is 0.731. The van der Waals surface area contributed by atoms with Crippen molar-refractivity contribution in [2.24, 2.45) is 0 Å². The first-order chi connectivity index (χ1) is 9.53. The van der Waals surface area contributed by atoms with E-state index < -0.39 is 5.79 Å². The molecular formula is C16H23ClO3. The normalized spacial score (nSPS) is 25.0. The average molecular weight is 299 g/mol. The van der Waals surface area contributed by atoms with E-state index in [1.165, 1.54) is 0 Å². The lowest BCUT2D eigenvalue weighted by Gasteiger charge is -2.18. The lowest BCUT2D eigenvalue weighted by Crippen LogP contribution is -2.24. The lowest BCUT2D eigenvalue weighted by molar-refractivity contribution is -0.151. The van der Waals surface area contributed by atoms with Crippen molar-refractivity contribution in [3.05, 3.63) is 34.9 Å². The highest BCUT2D eigenvalue weighted by Crippen LogP contribution is 2.40. The van der Waals surface area contributed by atoms with Gasteiger partial charge in [0.15, 0.2) is 5.79 Å². The zero-order valence-electron chi connectivity index (χ0n) is 12.4. The average Bonchev–Trinajstić information content (AvgIpc) is 2.70. The van der Waals surface area contributed by atoms with Crippen molar-refractivity contribution in [3.8, 4) is 0 Å². The molecule has 112 valence electrons. The number of unbranched alkanes of at least 4 members (excludes halogenated alkanes) is 1. The summed E-state index contributed by atoms with van der Waals surface area (Å²) in [4.78, 5) is 0. The van der Waals surface area contributed by atoms with Gasteiger partial charge in [-0.1, -0.05) is 43.1 Å². The van der Waals surface area contributed by atoms with Crippen molar-refractivity contribution in [3.63, 3.8) is 0 Å². The van der Waals surface area contributed by atoms with E-state index in [-0.39, 0.29) is 12.2 Å². The standard InChI is InChI=1S/C16H23ClO3/c1-4-5-10-18-11-14-15(20-16(2,3)19-14)12-8-6-7-9-13(12)17/h6-9,14-15H,4-5,10-11H2,1-3H3/t14?,15-/m1/s1. The second-order valence-electron chi connectivity index (χ2n) is 5.54. The second-order valence-corrected chi connectivity index (χ2v) is 5.95. The zero-order valence-corrected chi connectivity index (χ0v) is 13.2. The van der Waals surface area contributed by atoms with Gasteiger partial charge in [-0.3, -0.25) is 0 Å². The van der Waals surface area contributed by atoms with Gasteiger partial charge in [-0.05, 0) is 26.3 Å². The predicted octanol–water partition coefficient (Wildman–Crippen LogP) is 4.35. The van der Waals surface area contributed by atoms with Crippen molar-refractivity contribution < 1.29 is 14.2 Å². The molecule has 4 heteroatoms. The van der Waals surface area contributed by atoms with Gasteiger partial charge < -0.3 is 14.2 Å². The van der Waals surface area contributed by atoms with E-state index in [4.69, 9.17) is 25.8 Å². The van der Waals surface area contributed by atoms with Gasteiger partial charge in [-0.2, -0.15) is 0 Å². The van der Waals surface area contributed by atoms with Crippen molar-refractivity contribution in [1.82, 2.24) is 0 Å². The highest BCUT2D eigenvalue weighted by atomic mass is 35.5. The first kappa shape index (κ1) is 15.8. The Morgan fingerprint density at radius 1 is 1.25 bits per heavy atom. The minimum absolute atomic E-state index is 0.123. The molecule has 1 heterocycles. The third-order valence-electron chi connectivity index (χ3n) is 3.32. The Labute approximate surface area is 126 Å². The van der Waals surface area contributed by atoms with Crippen LogP contribution >= 0.6 is 11.6 Å². The number of hydrogen-bond acceptors (Lipinski definition) is 3. The summed E-state index contributed by atoms with van der Waals surface area (Å²) < 4.78 is 17.6. The maximum absolute atomic E-state index is 6.27. The minimum Gasteiger partial charge on any atom is -0.379 e. The van der Waals surface area contributed by atoms with Crippen LogP contribution in [0.4, 0.5) is 0 Å². The summed E-state index contributed by atoms with van der Waals surface area (Å²) in [5.41, 5.74) is 0.962. The SMILES string of the molecule is CCCCOCC1OC(C)(C)O[C@@H]1c1ccccc1Cl. The molecule has 2 atom stereocenters. The van der Waals surface area contributed by atoms with Crippen LogP contribution < -0.4 is 0 Å². The van der Waals surface area contributed by atoms with E-state index in [0.717, 1.165) is 25.0 Å². The van der Waals surface area contributed by atoms with Gasteiger partial charge in [-0.25, -0.2) is 0 Å². The Kier molecular flexibility index (Phi) is 5.44. The molecule has 0 aliphatic carbocycles. The molecule has 0 radical (unpaired) electrons. The second kappa shape index (κ2) is 6.90. The summed E-state index contributed by atoms with van der Waals surface area (Å²) >= 11 is 6.27. The molecule has 0 spiro atoms. The van der Waals surface area contributed by atoms with Crippen LogP contribution in [0.25, 0.3) is 0 Å². The monoisotopic (exact) mass is 298 g/mol. The molecule has 2 rings (SSSR count). The summed E-state index contributed by atoms with van der Waals surface area (Å²) in [5.74, 6) is -0.609. The maximum Gasteiger partial charge on any atom is 0.164 e. The molecule has 0 bridgehead atoms. The largest absolute Gasteiger partial charge is 0.379 e. The van der Waals surface area contributed by atoms with Crippen LogP contribution in [0.1, 0.15) is 45.3 Å². The van der Waals surface area contributed by atoms with E-state index in [9.17, 15) is 0 Å². The van der Waals surface area contributed by atoms with Crippen molar-refractivity contribution in [1.29, 1.82) is 0 Å². The van der Waals surface area contributed by atoms with Crippen molar-refractivity contribution in [2.45, 2.75) is 51.6 Å². The molecule has 1 fully saturated rings. The zero-order chi connectivity index (χ0) is 14.6. The molecule has 1 saturated heterocycles. The van der Waals surface area contributed by atoms with Crippen molar-refractivity contribution in [2.75, 3.05) is 13.2 Å². The topological polar surface area (TPSA) is 27.7 Å². The molecule has 0 N–H and O–H groups in total. The first-order valence-electron chi connectivity index (χ1n) is 7.21. The van der Waals surface area contributed by atoms with Crippen LogP contribution in [0.15, 0.2) is 24.3 Å². The molecule has 0 saturated carbocycles. The third-order valence-corrected chi connectivity index (χ3v) is 3.66. The Morgan fingerprint density at radius 2 is 2.00 bits per heavy atom. The van der Waals surface area contributed by atoms with Crippen LogP contribution in [-0.4, -0.2) is 25.1 Å². The Bertz CT molecular complexity index is 433. The van der Waals surface area contributed by atoms with Crippen LogP contribution in [0.3, 0.4) is 0 Å². The summed E-state index contributed by atoms with van der Waals surface area (Å²) in [7, 11) is 0. The molecule has 1 aromatic rings. The third kappa shape index (κ3) is 3.95.